The van der Waals surface area contributed by atoms with E-state index in [4.69, 9.17) is 4.74 Å². The molecule has 126 valence electrons. The number of nitrogens with zero attached hydrogens (tertiary/aromatic N) is 1. The maximum Gasteiger partial charge on any atom is 0.407 e. The minimum Gasteiger partial charge on any atom is -0.447 e. The molecule has 2 aliphatic heterocycles. The minimum absolute atomic E-state index is 0.0413. The number of benzene rings is 1. The largest absolute Gasteiger partial charge is 0.447 e. The van der Waals surface area contributed by atoms with Gasteiger partial charge in [0.05, 0.1) is 5.54 Å². The Labute approximate surface area is 141 Å². The summed E-state index contributed by atoms with van der Waals surface area (Å²) < 4.78 is 5.00. The van der Waals surface area contributed by atoms with Crippen LogP contribution in [0.4, 0.5) is 4.79 Å². The number of hydrogen-bond donors (Lipinski definition) is 1. The number of carbonyl (C=O) groups excluding carboxylic acids is 2. The first-order valence-electron chi connectivity index (χ1n) is 8.81. The smallest absolute Gasteiger partial charge is 0.407 e. The Morgan fingerprint density at radius 1 is 1.25 bits per heavy atom. The lowest BCUT2D eigenvalue weighted by Gasteiger charge is -2.43. The first kappa shape index (κ1) is 14.3. The molecule has 0 radical (unpaired) electrons. The topological polar surface area (TPSA) is 58.6 Å². The van der Waals surface area contributed by atoms with Crippen LogP contribution >= 0.6 is 0 Å². The average molecular weight is 326 g/mol. The van der Waals surface area contributed by atoms with Crippen LogP contribution in [0.3, 0.4) is 0 Å². The van der Waals surface area contributed by atoms with E-state index in [1.807, 2.05) is 0 Å². The number of hydrogen-bond acceptors (Lipinski definition) is 3. The summed E-state index contributed by atoms with van der Waals surface area (Å²) >= 11 is 0. The molecule has 1 N–H and O–H groups in total. The van der Waals surface area contributed by atoms with Gasteiger partial charge in [0.2, 0.25) is 5.91 Å². The Morgan fingerprint density at radius 2 is 2.00 bits per heavy atom. The number of alkyl carbamates (subject to hydrolysis) is 1. The molecule has 2 aliphatic carbocycles. The molecule has 1 aromatic carbocycles. The second-order valence-electron chi connectivity index (χ2n) is 8.23. The van der Waals surface area contributed by atoms with Crippen LogP contribution < -0.4 is 5.32 Å². The predicted octanol–water partition coefficient (Wildman–Crippen LogP) is 1.98. The van der Waals surface area contributed by atoms with Crippen molar-refractivity contribution in [3.63, 3.8) is 0 Å². The van der Waals surface area contributed by atoms with E-state index in [9.17, 15) is 9.59 Å². The second kappa shape index (κ2) is 4.52. The van der Waals surface area contributed by atoms with Crippen molar-refractivity contribution in [1.29, 1.82) is 0 Å². The summed E-state index contributed by atoms with van der Waals surface area (Å²) in [5.74, 6) is 0.924. The summed E-state index contributed by atoms with van der Waals surface area (Å²) in [7, 11) is 0. The number of amides is 2. The van der Waals surface area contributed by atoms with Gasteiger partial charge < -0.3 is 15.0 Å². The Bertz CT molecular complexity index is 723. The monoisotopic (exact) mass is 326 g/mol. The molecule has 2 atom stereocenters. The first-order chi connectivity index (χ1) is 11.5. The SMILES string of the molecule is Cc1ccc([C@@]23CC2CN(C(=O)[C@H]2C[C@]4(COC(=O)N4)C2)C3)cc1. The van der Waals surface area contributed by atoms with E-state index in [2.05, 4.69) is 41.4 Å². The number of nitrogens with one attached hydrogen (secondary N) is 1. The normalized spacial score (nSPS) is 39.2. The highest BCUT2D eigenvalue weighted by molar-refractivity contribution is 5.82. The number of aryl methyl sites for hydroxylation is 1. The lowest BCUT2D eigenvalue weighted by Crippen LogP contribution is -2.58. The number of piperidine rings is 1. The highest BCUT2D eigenvalue weighted by atomic mass is 16.6. The molecule has 4 fully saturated rings. The fraction of sp³-hybridized carbons (Fsp3) is 0.579. The van der Waals surface area contributed by atoms with E-state index >= 15 is 0 Å². The summed E-state index contributed by atoms with van der Waals surface area (Å²) in [4.78, 5) is 26.1. The fourth-order valence-electron chi connectivity index (χ4n) is 5.01. The Balaban J connectivity index is 1.25. The number of fused-ring (bicyclic) bond motifs is 1. The lowest BCUT2D eigenvalue weighted by molar-refractivity contribution is -0.140. The zero-order chi connectivity index (χ0) is 16.5. The van der Waals surface area contributed by atoms with Gasteiger partial charge in [-0.3, -0.25) is 4.79 Å². The highest BCUT2D eigenvalue weighted by Crippen LogP contribution is 2.59. The van der Waals surface area contributed by atoms with E-state index in [0.29, 0.717) is 12.5 Å². The van der Waals surface area contributed by atoms with Crippen LogP contribution in [-0.2, 0) is 14.9 Å². The van der Waals surface area contributed by atoms with Crippen molar-refractivity contribution in [2.75, 3.05) is 19.7 Å². The average Bonchev–Trinajstić information content (AvgIpc) is 2.90. The minimum atomic E-state index is -0.346. The predicted molar refractivity (Wildman–Crippen MR) is 87.5 cm³/mol. The first-order valence-corrected chi connectivity index (χ1v) is 8.81. The van der Waals surface area contributed by atoms with Crippen molar-refractivity contribution >= 4 is 12.0 Å². The molecule has 1 unspecified atom stereocenters. The summed E-state index contributed by atoms with van der Waals surface area (Å²) in [6.07, 6.45) is 2.30. The van der Waals surface area contributed by atoms with Crippen LogP contribution in [-0.4, -0.2) is 42.1 Å². The number of ether oxygens (including phenoxy) is 1. The molecule has 5 nitrogen and oxygen atoms in total. The van der Waals surface area contributed by atoms with Crippen LogP contribution in [0.5, 0.6) is 0 Å². The van der Waals surface area contributed by atoms with E-state index in [0.717, 1.165) is 25.9 Å². The number of rotatable bonds is 2. The Kier molecular flexibility index (Phi) is 2.70. The maximum atomic E-state index is 12.8. The summed E-state index contributed by atoms with van der Waals surface area (Å²) in [6.45, 7) is 4.25. The van der Waals surface area contributed by atoms with Gasteiger partial charge in [-0.15, -0.1) is 0 Å². The molecule has 0 bridgehead atoms. The van der Waals surface area contributed by atoms with Crippen LogP contribution in [0.1, 0.15) is 30.4 Å². The Hall–Kier alpha value is -2.04. The molecule has 1 spiro atoms. The third-order valence-electron chi connectivity index (χ3n) is 6.55. The molecule has 2 saturated carbocycles. The van der Waals surface area contributed by atoms with Gasteiger partial charge in [-0.1, -0.05) is 29.8 Å². The van der Waals surface area contributed by atoms with Gasteiger partial charge in [-0.05, 0) is 37.7 Å². The van der Waals surface area contributed by atoms with E-state index < -0.39 is 0 Å². The lowest BCUT2D eigenvalue weighted by atomic mass is 9.68. The van der Waals surface area contributed by atoms with Crippen molar-refractivity contribution in [3.8, 4) is 0 Å². The Morgan fingerprint density at radius 3 is 2.67 bits per heavy atom. The standard InChI is InChI=1S/C19H22N2O3/c1-12-2-4-14(5-3-12)19-8-15(19)9-21(10-19)16(22)13-6-18(7-13)11-24-17(23)20-18/h2-5,13,15H,6-11H2,1H3,(H,20,23)/t13-,15?,18+,19-/m0/s1. The van der Waals surface area contributed by atoms with Crippen LogP contribution in [0.15, 0.2) is 24.3 Å². The van der Waals surface area contributed by atoms with Gasteiger partial charge in [0, 0.05) is 24.4 Å². The van der Waals surface area contributed by atoms with Gasteiger partial charge in [0.15, 0.2) is 0 Å². The van der Waals surface area contributed by atoms with Crippen molar-refractivity contribution in [2.24, 2.45) is 11.8 Å². The third kappa shape index (κ3) is 1.93. The van der Waals surface area contributed by atoms with Gasteiger partial charge in [-0.2, -0.15) is 0 Å². The van der Waals surface area contributed by atoms with Crippen molar-refractivity contribution in [3.05, 3.63) is 35.4 Å². The number of likely N-dealkylation sites (tertiary alicyclic amines) is 1. The summed E-state index contributed by atoms with van der Waals surface area (Å²) in [5, 5.41) is 2.87. The molecule has 0 aromatic heterocycles. The zero-order valence-corrected chi connectivity index (χ0v) is 13.9. The van der Waals surface area contributed by atoms with Gasteiger partial charge >= 0.3 is 6.09 Å². The van der Waals surface area contributed by atoms with Crippen LogP contribution in [0.2, 0.25) is 0 Å². The maximum absolute atomic E-state index is 12.8. The van der Waals surface area contributed by atoms with Crippen molar-refractivity contribution in [2.45, 2.75) is 37.1 Å². The molecule has 1 aromatic rings. The highest BCUT2D eigenvalue weighted by Gasteiger charge is 2.63. The van der Waals surface area contributed by atoms with Gasteiger partial charge in [0.1, 0.15) is 6.61 Å². The zero-order valence-electron chi connectivity index (χ0n) is 13.9. The van der Waals surface area contributed by atoms with Crippen LogP contribution in [0, 0.1) is 18.8 Å². The van der Waals surface area contributed by atoms with Gasteiger partial charge in [0.25, 0.3) is 0 Å². The molecule has 4 aliphatic rings. The number of cyclic esters (lactones) is 1. The second-order valence-corrected chi connectivity index (χ2v) is 8.23. The van der Waals surface area contributed by atoms with Crippen LogP contribution in [0.25, 0.3) is 0 Å². The summed E-state index contributed by atoms with van der Waals surface area (Å²) in [6, 6.07) is 8.80. The van der Waals surface area contributed by atoms with E-state index in [-0.39, 0.29) is 28.9 Å². The number of carbonyl (C=O) groups is 2. The van der Waals surface area contributed by atoms with E-state index in [1.54, 1.807) is 0 Å². The van der Waals surface area contributed by atoms with Crippen molar-refractivity contribution in [1.82, 2.24) is 10.2 Å². The quantitative estimate of drug-likeness (QED) is 0.904. The molecule has 2 amide bonds. The molecule has 2 heterocycles. The van der Waals surface area contributed by atoms with E-state index in [1.165, 1.54) is 17.5 Å². The molecule has 5 heteroatoms. The molecule has 5 rings (SSSR count). The fourth-order valence-corrected chi connectivity index (χ4v) is 5.01. The molecular formula is C19H22N2O3. The molecular weight excluding hydrogens is 304 g/mol. The third-order valence-corrected chi connectivity index (χ3v) is 6.55. The van der Waals surface area contributed by atoms with Gasteiger partial charge in [-0.25, -0.2) is 4.79 Å². The summed E-state index contributed by atoms with van der Waals surface area (Å²) in [5.41, 5.74) is 2.60. The molecule has 2 saturated heterocycles. The van der Waals surface area contributed by atoms with Crippen molar-refractivity contribution < 1.29 is 14.3 Å². The molecule has 24 heavy (non-hydrogen) atoms.